The van der Waals surface area contributed by atoms with Crippen molar-refractivity contribution in [2.45, 2.75) is 52.4 Å². The van der Waals surface area contributed by atoms with Crippen molar-refractivity contribution in [3.05, 3.63) is 92.5 Å². The summed E-state index contributed by atoms with van der Waals surface area (Å²) in [5, 5.41) is 10.6. The molecule has 0 amide bonds. The van der Waals surface area contributed by atoms with Gasteiger partial charge in [-0.25, -0.2) is 9.97 Å². The number of aliphatic hydroxyl groups excluding tert-OH is 1. The Morgan fingerprint density at radius 3 is 2.48 bits per heavy atom. The second kappa shape index (κ2) is 12.9. The third-order valence-electron chi connectivity index (χ3n) is 8.32. The van der Waals surface area contributed by atoms with Crippen LogP contribution < -0.4 is 4.74 Å². The number of aryl methyl sites for hydroxylation is 1. The van der Waals surface area contributed by atoms with Crippen molar-refractivity contribution < 1.29 is 14.6 Å². The van der Waals surface area contributed by atoms with Crippen molar-refractivity contribution in [2.75, 3.05) is 26.7 Å². The van der Waals surface area contributed by atoms with Crippen LogP contribution in [0.2, 0.25) is 10.0 Å². The average molecular weight is 633 g/mol. The lowest BCUT2D eigenvalue weighted by atomic mass is 9.97. The number of rotatable bonds is 10. The maximum Gasteiger partial charge on any atom is 0.237 e. The molecule has 2 aliphatic heterocycles. The molecule has 0 aliphatic carbocycles. The lowest BCUT2D eigenvalue weighted by Crippen LogP contribution is -2.50. The fraction of sp³-hybridized carbons (Fsp3) is 0.353. The zero-order valence-corrected chi connectivity index (χ0v) is 26.6. The van der Waals surface area contributed by atoms with Gasteiger partial charge in [-0.05, 0) is 42.6 Å². The summed E-state index contributed by atoms with van der Waals surface area (Å²) in [6.45, 7) is 8.65. The van der Waals surface area contributed by atoms with E-state index in [0.717, 1.165) is 48.4 Å². The molecule has 44 heavy (non-hydrogen) atoms. The molecule has 8 nitrogen and oxygen atoms in total. The number of ether oxygens (including phenoxy) is 1. The third-order valence-corrected chi connectivity index (χ3v) is 9.18. The van der Waals surface area contributed by atoms with Gasteiger partial charge < -0.3 is 9.84 Å². The van der Waals surface area contributed by atoms with Gasteiger partial charge in [-0.2, -0.15) is 0 Å². The van der Waals surface area contributed by atoms with Gasteiger partial charge >= 0.3 is 0 Å². The Bertz CT molecular complexity index is 1720. The third kappa shape index (κ3) is 6.10. The number of benzene rings is 2. The van der Waals surface area contributed by atoms with Crippen LogP contribution in [0.25, 0.3) is 22.4 Å². The molecular weight excluding hydrogens is 597 g/mol. The number of methoxy groups -OCH3 is 1. The number of hydrogen-bond donors (Lipinski definition) is 1. The highest BCUT2D eigenvalue weighted by atomic mass is 35.5. The minimum atomic E-state index is -0.296. The number of ketones is 1. The summed E-state index contributed by atoms with van der Waals surface area (Å²) in [4.78, 5) is 32.0. The molecule has 4 aromatic rings. The quantitative estimate of drug-likeness (QED) is 0.208. The molecule has 0 radical (unpaired) electrons. The predicted octanol–water partition coefficient (Wildman–Crippen LogP) is 6.16. The van der Waals surface area contributed by atoms with Gasteiger partial charge in [-0.15, -0.1) is 0 Å². The van der Waals surface area contributed by atoms with Crippen molar-refractivity contribution in [3.63, 3.8) is 0 Å². The summed E-state index contributed by atoms with van der Waals surface area (Å²) in [6.07, 6.45) is 2.60. The topological polar surface area (TPSA) is 91.7 Å². The van der Waals surface area contributed by atoms with Crippen LogP contribution in [-0.2, 0) is 26.1 Å². The van der Waals surface area contributed by atoms with E-state index in [2.05, 4.69) is 28.6 Å². The van der Waals surface area contributed by atoms with Gasteiger partial charge in [-0.3, -0.25) is 19.6 Å². The van der Waals surface area contributed by atoms with Crippen molar-refractivity contribution in [1.29, 1.82) is 0 Å². The molecule has 2 aromatic carbocycles. The highest BCUT2D eigenvalue weighted by molar-refractivity contribution is 6.38. The number of halogens is 2. The van der Waals surface area contributed by atoms with Gasteiger partial charge in [0, 0.05) is 55.8 Å². The van der Waals surface area contributed by atoms with Crippen molar-refractivity contribution in [3.8, 4) is 28.3 Å². The maximum absolute atomic E-state index is 13.5. The van der Waals surface area contributed by atoms with Gasteiger partial charge in [0.15, 0.2) is 5.78 Å². The molecule has 228 valence electrons. The Morgan fingerprint density at radius 1 is 1.02 bits per heavy atom. The highest BCUT2D eigenvalue weighted by Gasteiger charge is 2.27. The van der Waals surface area contributed by atoms with Crippen LogP contribution >= 0.6 is 23.2 Å². The summed E-state index contributed by atoms with van der Waals surface area (Å²) < 4.78 is 5.55. The molecule has 1 saturated heterocycles. The normalized spacial score (nSPS) is 15.3. The molecule has 0 spiro atoms. The summed E-state index contributed by atoms with van der Waals surface area (Å²) >= 11 is 14.0. The van der Waals surface area contributed by atoms with Crippen molar-refractivity contribution in [1.82, 2.24) is 24.8 Å². The first kappa shape index (κ1) is 30.6. The van der Waals surface area contributed by atoms with E-state index in [1.54, 1.807) is 13.3 Å². The van der Waals surface area contributed by atoms with Gasteiger partial charge in [0.05, 0.1) is 40.8 Å². The van der Waals surface area contributed by atoms with Gasteiger partial charge in [0.2, 0.25) is 5.88 Å². The van der Waals surface area contributed by atoms with Crippen LogP contribution in [0.3, 0.4) is 0 Å². The Balaban J connectivity index is 1.25. The van der Waals surface area contributed by atoms with E-state index in [4.69, 9.17) is 37.9 Å². The molecule has 10 heteroatoms. The monoisotopic (exact) mass is 631 g/mol. The second-order valence-electron chi connectivity index (χ2n) is 11.6. The van der Waals surface area contributed by atoms with Crippen LogP contribution in [0, 0.1) is 6.92 Å². The first-order valence-corrected chi connectivity index (χ1v) is 15.6. The molecule has 2 aliphatic rings. The zero-order valence-electron chi connectivity index (χ0n) is 25.1. The number of aromatic nitrogens is 3. The Hall–Kier alpha value is -3.40. The molecular formula is C34H35Cl2N5O3. The summed E-state index contributed by atoms with van der Waals surface area (Å²) in [5.41, 5.74) is 7.93. The SMILES string of the molecule is CCCN1Cc2nc(C(=O)Cc3cccc(-c4cccc(-c5cnc(CN6CC(O)C6)c(OC)n5)c4Cl)c3Cl)cc(C)c2C1. The van der Waals surface area contributed by atoms with Crippen LogP contribution in [0.4, 0.5) is 0 Å². The fourth-order valence-electron chi connectivity index (χ4n) is 6.03. The molecule has 0 saturated carbocycles. The van der Waals surface area contributed by atoms with E-state index in [1.807, 2.05) is 42.5 Å². The van der Waals surface area contributed by atoms with E-state index in [9.17, 15) is 9.90 Å². The second-order valence-corrected chi connectivity index (χ2v) is 12.3. The number of Topliss-reactive ketones (excluding diaryl/α,β-unsaturated/α-hetero) is 1. The van der Waals surface area contributed by atoms with Crippen LogP contribution in [0.15, 0.2) is 48.7 Å². The van der Waals surface area contributed by atoms with E-state index in [0.29, 0.717) is 63.8 Å². The zero-order chi connectivity index (χ0) is 31.0. The van der Waals surface area contributed by atoms with E-state index < -0.39 is 0 Å². The van der Waals surface area contributed by atoms with Crippen LogP contribution in [0.5, 0.6) is 5.88 Å². The maximum atomic E-state index is 13.5. The molecule has 0 bridgehead atoms. The van der Waals surface area contributed by atoms with E-state index >= 15 is 0 Å². The lowest BCUT2D eigenvalue weighted by molar-refractivity contribution is -0.00403. The molecule has 2 aromatic heterocycles. The molecule has 4 heterocycles. The number of nitrogens with zero attached hydrogens (tertiary/aromatic N) is 5. The number of hydrogen-bond acceptors (Lipinski definition) is 8. The first-order valence-electron chi connectivity index (χ1n) is 14.9. The molecule has 6 rings (SSSR count). The van der Waals surface area contributed by atoms with Gasteiger partial charge in [-0.1, -0.05) is 66.5 Å². The molecule has 0 unspecified atom stereocenters. The number of carbonyl (C=O) groups excluding carboxylic acids is 1. The van der Waals surface area contributed by atoms with E-state index in [1.165, 1.54) is 5.56 Å². The number of likely N-dealkylation sites (tertiary alicyclic amines) is 1. The largest absolute Gasteiger partial charge is 0.480 e. The number of pyridine rings is 1. The lowest BCUT2D eigenvalue weighted by Gasteiger charge is -2.35. The van der Waals surface area contributed by atoms with Crippen molar-refractivity contribution in [2.24, 2.45) is 0 Å². The molecule has 1 N–H and O–H groups in total. The average Bonchev–Trinajstić information content (AvgIpc) is 3.41. The molecule has 0 atom stereocenters. The van der Waals surface area contributed by atoms with Crippen LogP contribution in [0.1, 0.15) is 51.9 Å². The van der Waals surface area contributed by atoms with Gasteiger partial charge in [0.1, 0.15) is 11.4 Å². The highest BCUT2D eigenvalue weighted by Crippen LogP contribution is 2.40. The molecule has 1 fully saturated rings. The fourth-order valence-corrected chi connectivity index (χ4v) is 6.65. The van der Waals surface area contributed by atoms with Gasteiger partial charge in [0.25, 0.3) is 0 Å². The Labute approximate surface area is 267 Å². The van der Waals surface area contributed by atoms with Crippen LogP contribution in [-0.4, -0.2) is 68.5 Å². The summed E-state index contributed by atoms with van der Waals surface area (Å²) in [5.74, 6) is 0.344. The standard InChI is InChI=1S/C34H35Cl2N5O3/c1-4-11-40-17-26-20(2)12-27(38-29(26)18-40)31(43)13-21-7-5-8-23(32(21)35)24-9-6-10-25(33(24)36)28-14-37-30(34(39-28)44-3)19-41-15-22(42)16-41/h5-10,12,14,22,42H,4,11,13,15-19H2,1-3H3. The smallest absolute Gasteiger partial charge is 0.237 e. The number of carbonyl (C=O) groups is 1. The minimum Gasteiger partial charge on any atom is -0.480 e. The minimum absolute atomic E-state index is 0.0704. The Morgan fingerprint density at radius 2 is 1.75 bits per heavy atom. The Kier molecular flexibility index (Phi) is 8.98. The summed E-state index contributed by atoms with van der Waals surface area (Å²) in [6, 6.07) is 13.2. The predicted molar refractivity (Wildman–Crippen MR) is 172 cm³/mol. The summed E-state index contributed by atoms with van der Waals surface area (Å²) in [7, 11) is 1.56. The number of β-amino-alcohol motifs (C(OH)–C–C–N with tert-alkyl or cyclic N) is 1. The first-order chi connectivity index (χ1) is 21.2. The van der Waals surface area contributed by atoms with E-state index in [-0.39, 0.29) is 18.3 Å². The number of fused-ring (bicyclic) bond motifs is 1. The van der Waals surface area contributed by atoms with Crippen molar-refractivity contribution >= 4 is 29.0 Å². The number of aliphatic hydroxyl groups is 1.